The molecule has 0 radical (unpaired) electrons. The highest BCUT2D eigenvalue weighted by atomic mass is 14.9. The Balaban J connectivity index is 2.41. The van der Waals surface area contributed by atoms with Gasteiger partial charge < -0.3 is 5.32 Å². The van der Waals surface area contributed by atoms with Gasteiger partial charge in [-0.15, -0.1) is 6.58 Å². The van der Waals surface area contributed by atoms with Crippen LogP contribution in [0.4, 0.5) is 0 Å². The molecule has 1 nitrogen and oxygen atoms in total. The van der Waals surface area contributed by atoms with Gasteiger partial charge in [-0.3, -0.25) is 0 Å². The Morgan fingerprint density at radius 2 is 1.40 bits per heavy atom. The fraction of sp³-hybridized carbons (Fsp3) is 0.263. The fourth-order valence-electron chi connectivity index (χ4n) is 2.74. The second-order valence-corrected chi connectivity index (χ2v) is 5.36. The van der Waals surface area contributed by atoms with Crippen LogP contribution in [0.3, 0.4) is 0 Å². The van der Waals surface area contributed by atoms with Crippen LogP contribution in [0, 0.1) is 0 Å². The highest BCUT2D eigenvalue weighted by molar-refractivity contribution is 5.34. The van der Waals surface area contributed by atoms with Crippen LogP contribution in [-0.4, -0.2) is 13.1 Å². The van der Waals surface area contributed by atoms with Gasteiger partial charge in [0.25, 0.3) is 0 Å². The Kier molecular flexibility index (Phi) is 5.14. The van der Waals surface area contributed by atoms with Crippen LogP contribution < -0.4 is 5.32 Å². The summed E-state index contributed by atoms with van der Waals surface area (Å²) in [6, 6.07) is 21.8. The van der Waals surface area contributed by atoms with Crippen LogP contribution in [0.2, 0.25) is 0 Å². The molecule has 0 saturated heterocycles. The first-order valence-corrected chi connectivity index (χ1v) is 7.14. The Labute approximate surface area is 122 Å². The van der Waals surface area contributed by atoms with Crippen LogP contribution in [-0.2, 0) is 0 Å². The molecule has 2 aromatic carbocycles. The molecule has 2 rings (SSSR count). The quantitative estimate of drug-likeness (QED) is 0.765. The van der Waals surface area contributed by atoms with Gasteiger partial charge in [-0.05, 0) is 31.5 Å². The maximum Gasteiger partial charge on any atom is 0.0246 e. The average molecular weight is 265 g/mol. The van der Waals surface area contributed by atoms with Crippen molar-refractivity contribution < 1.29 is 0 Å². The molecule has 104 valence electrons. The van der Waals surface area contributed by atoms with Gasteiger partial charge in [0.2, 0.25) is 0 Å². The van der Waals surface area contributed by atoms with E-state index in [9.17, 15) is 0 Å². The van der Waals surface area contributed by atoms with Crippen molar-refractivity contribution >= 4 is 0 Å². The molecule has 1 atom stereocenters. The standard InChI is InChI=1S/C19H23N/c1-15(2)14-18(20-3)19(16-10-6-4-7-11-16)17-12-8-5-9-13-17/h4-13,18-20H,1,14H2,2-3H3. The number of rotatable bonds is 6. The monoisotopic (exact) mass is 265 g/mol. The number of nitrogens with one attached hydrogen (secondary N) is 1. The summed E-state index contributed by atoms with van der Waals surface area (Å²) in [4.78, 5) is 0. The van der Waals surface area contributed by atoms with Crippen LogP contribution in [0.5, 0.6) is 0 Å². The lowest BCUT2D eigenvalue weighted by Gasteiger charge is -2.28. The molecule has 1 heteroatoms. The molecule has 0 heterocycles. The zero-order valence-corrected chi connectivity index (χ0v) is 12.3. The van der Waals surface area contributed by atoms with Crippen molar-refractivity contribution in [3.63, 3.8) is 0 Å². The first kappa shape index (κ1) is 14.5. The molecule has 0 aliphatic heterocycles. The lowest BCUT2D eigenvalue weighted by atomic mass is 9.82. The number of benzene rings is 2. The third-order valence-corrected chi connectivity index (χ3v) is 3.66. The molecule has 0 aliphatic rings. The minimum absolute atomic E-state index is 0.346. The normalized spacial score (nSPS) is 12.3. The van der Waals surface area contributed by atoms with Crippen molar-refractivity contribution in [1.29, 1.82) is 0 Å². The topological polar surface area (TPSA) is 12.0 Å². The molecule has 0 spiro atoms. The summed E-state index contributed by atoms with van der Waals surface area (Å²) in [5, 5.41) is 3.47. The molecular weight excluding hydrogens is 242 g/mol. The molecule has 1 unspecified atom stereocenters. The second kappa shape index (κ2) is 7.06. The summed E-state index contributed by atoms with van der Waals surface area (Å²) in [6.45, 7) is 6.17. The van der Waals surface area contributed by atoms with Gasteiger partial charge in [-0.1, -0.05) is 66.2 Å². The van der Waals surface area contributed by atoms with Gasteiger partial charge in [0.1, 0.15) is 0 Å². The highest BCUT2D eigenvalue weighted by Crippen LogP contribution is 2.30. The summed E-state index contributed by atoms with van der Waals surface area (Å²) >= 11 is 0. The van der Waals surface area contributed by atoms with E-state index in [1.54, 1.807) is 0 Å². The highest BCUT2D eigenvalue weighted by Gasteiger charge is 2.23. The van der Waals surface area contributed by atoms with Crippen molar-refractivity contribution in [2.45, 2.75) is 25.3 Å². The zero-order valence-electron chi connectivity index (χ0n) is 12.3. The van der Waals surface area contributed by atoms with E-state index < -0.39 is 0 Å². The molecule has 0 fully saturated rings. The predicted molar refractivity (Wildman–Crippen MR) is 87.0 cm³/mol. The van der Waals surface area contributed by atoms with Crippen LogP contribution in [0.1, 0.15) is 30.4 Å². The van der Waals surface area contributed by atoms with Crippen molar-refractivity contribution in [2.24, 2.45) is 0 Å². The summed E-state index contributed by atoms with van der Waals surface area (Å²) in [5.41, 5.74) is 3.90. The fourth-order valence-corrected chi connectivity index (χ4v) is 2.74. The van der Waals surface area contributed by atoms with Crippen molar-refractivity contribution in [2.75, 3.05) is 7.05 Å². The Hall–Kier alpha value is -1.86. The van der Waals surface area contributed by atoms with Gasteiger partial charge >= 0.3 is 0 Å². The Morgan fingerprint density at radius 3 is 1.75 bits per heavy atom. The number of likely N-dealkylation sites (N-methyl/N-ethyl adjacent to an activating group) is 1. The van der Waals surface area contributed by atoms with E-state index in [4.69, 9.17) is 0 Å². The molecule has 2 aromatic rings. The van der Waals surface area contributed by atoms with Crippen molar-refractivity contribution in [3.8, 4) is 0 Å². The Morgan fingerprint density at radius 1 is 0.950 bits per heavy atom. The van der Waals surface area contributed by atoms with Crippen molar-refractivity contribution in [3.05, 3.63) is 83.9 Å². The summed E-state index contributed by atoms with van der Waals surface area (Å²) in [6.07, 6.45) is 0.977. The summed E-state index contributed by atoms with van der Waals surface area (Å²) in [5.74, 6) is 0.346. The van der Waals surface area contributed by atoms with Gasteiger partial charge in [-0.2, -0.15) is 0 Å². The molecule has 0 amide bonds. The summed E-state index contributed by atoms with van der Waals surface area (Å²) < 4.78 is 0. The summed E-state index contributed by atoms with van der Waals surface area (Å²) in [7, 11) is 2.03. The van der Waals surface area contributed by atoms with E-state index >= 15 is 0 Å². The van der Waals surface area contributed by atoms with Gasteiger partial charge in [0.05, 0.1) is 0 Å². The van der Waals surface area contributed by atoms with E-state index in [2.05, 4.69) is 79.5 Å². The maximum absolute atomic E-state index is 4.07. The SMILES string of the molecule is C=C(C)CC(NC)C(c1ccccc1)c1ccccc1. The van der Waals surface area contributed by atoms with E-state index in [0.29, 0.717) is 12.0 Å². The first-order chi connectivity index (χ1) is 9.72. The third-order valence-electron chi connectivity index (χ3n) is 3.66. The van der Waals surface area contributed by atoms with Gasteiger partial charge in [0, 0.05) is 12.0 Å². The lowest BCUT2D eigenvalue weighted by molar-refractivity contribution is 0.502. The van der Waals surface area contributed by atoms with E-state index in [1.807, 2.05) is 7.05 Å². The minimum Gasteiger partial charge on any atom is -0.316 e. The van der Waals surface area contributed by atoms with Crippen LogP contribution >= 0.6 is 0 Å². The number of hydrogen-bond acceptors (Lipinski definition) is 1. The Bertz CT molecular complexity index is 491. The zero-order chi connectivity index (χ0) is 14.4. The third kappa shape index (κ3) is 3.58. The molecule has 0 aliphatic carbocycles. The number of hydrogen-bond donors (Lipinski definition) is 1. The molecule has 20 heavy (non-hydrogen) atoms. The molecule has 1 N–H and O–H groups in total. The molecule has 0 aromatic heterocycles. The first-order valence-electron chi connectivity index (χ1n) is 7.14. The van der Waals surface area contributed by atoms with Crippen LogP contribution in [0.15, 0.2) is 72.8 Å². The van der Waals surface area contributed by atoms with E-state index in [1.165, 1.54) is 16.7 Å². The van der Waals surface area contributed by atoms with Crippen molar-refractivity contribution in [1.82, 2.24) is 5.32 Å². The molecular formula is C19H23N. The molecule has 0 bridgehead atoms. The lowest BCUT2D eigenvalue weighted by Crippen LogP contribution is -2.33. The minimum atomic E-state index is 0.346. The largest absolute Gasteiger partial charge is 0.316 e. The molecule has 0 saturated carbocycles. The average Bonchev–Trinajstić information content (AvgIpc) is 2.48. The van der Waals surface area contributed by atoms with Gasteiger partial charge in [-0.25, -0.2) is 0 Å². The second-order valence-electron chi connectivity index (χ2n) is 5.36. The smallest absolute Gasteiger partial charge is 0.0246 e. The van der Waals surface area contributed by atoms with Gasteiger partial charge in [0.15, 0.2) is 0 Å². The van der Waals surface area contributed by atoms with E-state index in [0.717, 1.165) is 6.42 Å². The van der Waals surface area contributed by atoms with E-state index in [-0.39, 0.29) is 0 Å². The predicted octanol–water partition coefficient (Wildman–Crippen LogP) is 4.37. The van der Waals surface area contributed by atoms with Crippen LogP contribution in [0.25, 0.3) is 0 Å². The maximum atomic E-state index is 4.07.